The molecule has 1 aliphatic carbocycles. The van der Waals surface area contributed by atoms with Crippen molar-refractivity contribution < 1.29 is 19.7 Å². The van der Waals surface area contributed by atoms with E-state index < -0.39 is 29.6 Å². The van der Waals surface area contributed by atoms with E-state index in [0.717, 1.165) is 29.9 Å². The van der Waals surface area contributed by atoms with E-state index in [1.807, 2.05) is 42.5 Å². The van der Waals surface area contributed by atoms with Gasteiger partial charge in [0, 0.05) is 36.7 Å². The highest BCUT2D eigenvalue weighted by molar-refractivity contribution is 5.76. The van der Waals surface area contributed by atoms with Crippen molar-refractivity contribution in [2.24, 2.45) is 11.8 Å². The van der Waals surface area contributed by atoms with Gasteiger partial charge in [-0.3, -0.25) is 10.2 Å². The summed E-state index contributed by atoms with van der Waals surface area (Å²) in [5.41, 5.74) is 7.62. The van der Waals surface area contributed by atoms with Crippen LogP contribution in [0.3, 0.4) is 0 Å². The van der Waals surface area contributed by atoms with Gasteiger partial charge in [-0.2, -0.15) is 0 Å². The number of esters is 1. The van der Waals surface area contributed by atoms with Gasteiger partial charge in [-0.15, -0.1) is 0 Å². The van der Waals surface area contributed by atoms with E-state index in [2.05, 4.69) is 41.7 Å². The minimum absolute atomic E-state index is 0.146. The topological polar surface area (TPSA) is 94.1 Å². The lowest BCUT2D eigenvalue weighted by Crippen LogP contribution is -2.56. The van der Waals surface area contributed by atoms with Crippen molar-refractivity contribution in [3.05, 3.63) is 65.7 Å². The first-order valence-electron chi connectivity index (χ1n) is 11.8. The van der Waals surface area contributed by atoms with Crippen molar-refractivity contribution in [3.63, 3.8) is 0 Å². The summed E-state index contributed by atoms with van der Waals surface area (Å²) in [4.78, 5) is 15.7. The molecule has 4 N–H and O–H groups in total. The van der Waals surface area contributed by atoms with Crippen molar-refractivity contribution in [3.8, 4) is 0 Å². The first kappa shape index (κ1) is 23.7. The summed E-state index contributed by atoms with van der Waals surface area (Å²) in [7, 11) is 0. The molecular formula is C26H35N3O4. The molecule has 1 heterocycles. The van der Waals surface area contributed by atoms with Gasteiger partial charge < -0.3 is 19.8 Å². The third-order valence-corrected chi connectivity index (χ3v) is 7.21. The van der Waals surface area contributed by atoms with Crippen LogP contribution in [0.15, 0.2) is 54.6 Å². The quantitative estimate of drug-likeness (QED) is 0.479. The molecule has 0 amide bonds. The molecule has 2 aromatic rings. The van der Waals surface area contributed by atoms with E-state index in [9.17, 15) is 15.0 Å². The Kier molecular flexibility index (Phi) is 7.05. The standard InChI is InChI=1S/C26H35N3O4/c1-4-29(5-2)19-13-11-18(12-14-19)21-22-20(27-28-24(22)30)15-26(3,32)23(21)25(31)33-16-17-9-7-6-8-10-17/h6-14,20-24,27-28,30,32H,4-5,15-16H2,1-3H3. The fourth-order valence-corrected chi connectivity index (χ4v) is 5.55. The number of anilines is 1. The molecule has 0 radical (unpaired) electrons. The number of hydrazine groups is 1. The summed E-state index contributed by atoms with van der Waals surface area (Å²) >= 11 is 0. The van der Waals surface area contributed by atoms with Gasteiger partial charge in [0.15, 0.2) is 0 Å². The van der Waals surface area contributed by atoms with Gasteiger partial charge in [-0.1, -0.05) is 42.5 Å². The van der Waals surface area contributed by atoms with Gasteiger partial charge in [0.1, 0.15) is 12.8 Å². The summed E-state index contributed by atoms with van der Waals surface area (Å²) in [6.07, 6.45) is -0.496. The van der Waals surface area contributed by atoms with E-state index in [4.69, 9.17) is 4.74 Å². The predicted molar refractivity (Wildman–Crippen MR) is 127 cm³/mol. The van der Waals surface area contributed by atoms with Crippen LogP contribution in [0.5, 0.6) is 0 Å². The van der Waals surface area contributed by atoms with Crippen LogP contribution in [0.2, 0.25) is 0 Å². The van der Waals surface area contributed by atoms with Crippen molar-refractivity contribution in [2.45, 2.75) is 57.6 Å². The zero-order valence-corrected chi connectivity index (χ0v) is 19.6. The molecule has 2 fully saturated rings. The number of aliphatic hydroxyl groups excluding tert-OH is 1. The fourth-order valence-electron chi connectivity index (χ4n) is 5.55. The molecule has 7 heteroatoms. The number of fused-ring (bicyclic) bond motifs is 1. The number of rotatable bonds is 7. The Morgan fingerprint density at radius 2 is 1.76 bits per heavy atom. The third kappa shape index (κ3) is 4.77. The predicted octanol–water partition coefficient (Wildman–Crippen LogP) is 2.54. The molecule has 2 aromatic carbocycles. The van der Waals surface area contributed by atoms with E-state index >= 15 is 0 Å². The van der Waals surface area contributed by atoms with Crippen LogP contribution >= 0.6 is 0 Å². The molecule has 4 rings (SSSR count). The zero-order valence-electron chi connectivity index (χ0n) is 19.6. The Bertz CT molecular complexity index is 930. The largest absolute Gasteiger partial charge is 0.461 e. The lowest BCUT2D eigenvalue weighted by Gasteiger charge is -2.47. The number of hydrogen-bond donors (Lipinski definition) is 4. The Morgan fingerprint density at radius 3 is 2.39 bits per heavy atom. The molecule has 7 nitrogen and oxygen atoms in total. The SMILES string of the molecule is CCN(CC)c1ccc(C2C3C(O)NNC3CC(C)(O)C2C(=O)OCc2ccccc2)cc1. The summed E-state index contributed by atoms with van der Waals surface area (Å²) in [5, 5.41) is 22.2. The van der Waals surface area contributed by atoms with Gasteiger partial charge in [0.25, 0.3) is 0 Å². The lowest BCUT2D eigenvalue weighted by molar-refractivity contribution is -0.168. The molecule has 6 atom stereocenters. The number of carbonyl (C=O) groups excluding carboxylic acids is 1. The van der Waals surface area contributed by atoms with Gasteiger partial charge in [-0.25, -0.2) is 5.43 Å². The maximum Gasteiger partial charge on any atom is 0.312 e. The van der Waals surface area contributed by atoms with Crippen LogP contribution in [0.1, 0.15) is 44.2 Å². The summed E-state index contributed by atoms with van der Waals surface area (Å²) in [5.74, 6) is -1.94. The highest BCUT2D eigenvalue weighted by atomic mass is 16.5. The molecule has 33 heavy (non-hydrogen) atoms. The number of carbonyl (C=O) groups is 1. The Hall–Kier alpha value is -2.45. The minimum Gasteiger partial charge on any atom is -0.461 e. The fraction of sp³-hybridized carbons (Fsp3) is 0.500. The average molecular weight is 454 g/mol. The van der Waals surface area contributed by atoms with Crippen molar-refractivity contribution in [2.75, 3.05) is 18.0 Å². The van der Waals surface area contributed by atoms with E-state index in [1.54, 1.807) is 6.92 Å². The van der Waals surface area contributed by atoms with Crippen LogP contribution in [0.25, 0.3) is 0 Å². The molecule has 1 aliphatic heterocycles. The number of ether oxygens (including phenoxy) is 1. The van der Waals surface area contributed by atoms with Crippen LogP contribution in [0.4, 0.5) is 5.69 Å². The molecular weight excluding hydrogens is 418 g/mol. The smallest absolute Gasteiger partial charge is 0.312 e. The van der Waals surface area contributed by atoms with E-state index in [-0.39, 0.29) is 18.6 Å². The zero-order chi connectivity index (χ0) is 23.6. The average Bonchev–Trinajstić information content (AvgIpc) is 3.17. The van der Waals surface area contributed by atoms with Gasteiger partial charge >= 0.3 is 5.97 Å². The summed E-state index contributed by atoms with van der Waals surface area (Å²) < 4.78 is 5.71. The first-order chi connectivity index (χ1) is 15.9. The Balaban J connectivity index is 1.66. The molecule has 0 spiro atoms. The number of nitrogens with zero attached hydrogens (tertiary/aromatic N) is 1. The third-order valence-electron chi connectivity index (χ3n) is 7.21. The maximum absolute atomic E-state index is 13.4. The number of benzene rings is 2. The highest BCUT2D eigenvalue weighted by Crippen LogP contribution is 2.50. The van der Waals surface area contributed by atoms with Gasteiger partial charge in [0.2, 0.25) is 0 Å². The second-order valence-electron chi connectivity index (χ2n) is 9.34. The highest BCUT2D eigenvalue weighted by Gasteiger charge is 2.58. The van der Waals surface area contributed by atoms with E-state index in [0.29, 0.717) is 6.42 Å². The monoisotopic (exact) mass is 453 g/mol. The molecule has 1 saturated carbocycles. The van der Waals surface area contributed by atoms with Gasteiger partial charge in [-0.05, 0) is 50.5 Å². The number of hydrogen-bond acceptors (Lipinski definition) is 7. The summed E-state index contributed by atoms with van der Waals surface area (Å²) in [6, 6.07) is 17.5. The number of aliphatic hydroxyl groups is 2. The van der Waals surface area contributed by atoms with Crippen molar-refractivity contribution in [1.29, 1.82) is 0 Å². The van der Waals surface area contributed by atoms with Crippen LogP contribution in [-0.2, 0) is 16.1 Å². The molecule has 1 saturated heterocycles. The van der Waals surface area contributed by atoms with Crippen LogP contribution in [-0.4, -0.2) is 47.1 Å². The van der Waals surface area contributed by atoms with Crippen LogP contribution < -0.4 is 15.8 Å². The van der Waals surface area contributed by atoms with Gasteiger partial charge in [0.05, 0.1) is 11.5 Å². The molecule has 2 aliphatic rings. The molecule has 6 unspecified atom stereocenters. The lowest BCUT2D eigenvalue weighted by atomic mass is 9.60. The van der Waals surface area contributed by atoms with E-state index in [1.165, 1.54) is 0 Å². The molecule has 178 valence electrons. The number of nitrogens with one attached hydrogen (secondary N) is 2. The van der Waals surface area contributed by atoms with Crippen LogP contribution in [0, 0.1) is 11.8 Å². The Morgan fingerprint density at radius 1 is 1.09 bits per heavy atom. The first-order valence-corrected chi connectivity index (χ1v) is 11.8. The second-order valence-corrected chi connectivity index (χ2v) is 9.34. The van der Waals surface area contributed by atoms with Crippen molar-refractivity contribution in [1.82, 2.24) is 10.9 Å². The maximum atomic E-state index is 13.4. The second kappa shape index (κ2) is 9.81. The molecule has 0 aromatic heterocycles. The molecule has 0 bridgehead atoms. The minimum atomic E-state index is -1.30. The summed E-state index contributed by atoms with van der Waals surface area (Å²) in [6.45, 7) is 7.88. The normalized spacial score (nSPS) is 31.1. The Labute approximate surface area is 195 Å². The van der Waals surface area contributed by atoms with Crippen molar-refractivity contribution >= 4 is 11.7 Å².